The van der Waals surface area contributed by atoms with Gasteiger partial charge in [0, 0.05) is 30.6 Å². The zero-order valence-corrected chi connectivity index (χ0v) is 9.27. The van der Waals surface area contributed by atoms with E-state index in [1.807, 2.05) is 6.07 Å². The van der Waals surface area contributed by atoms with Gasteiger partial charge in [0.1, 0.15) is 18.1 Å². The molecular weight excluding hydrogens is 220 g/mol. The Balaban J connectivity index is 1.73. The number of carbonyl (C=O) groups excluding carboxylic acids is 1. The molecule has 1 saturated heterocycles. The first kappa shape index (κ1) is 10.4. The van der Waals surface area contributed by atoms with Crippen molar-refractivity contribution in [3.05, 3.63) is 23.8 Å². The Morgan fingerprint density at radius 3 is 3.12 bits per heavy atom. The summed E-state index contributed by atoms with van der Waals surface area (Å²) in [6.07, 6.45) is 0.518. The van der Waals surface area contributed by atoms with Crippen molar-refractivity contribution in [2.24, 2.45) is 0 Å². The number of phenolic OH excluding ortho intramolecular Hbond substituents is 1. The lowest BCUT2D eigenvalue weighted by Gasteiger charge is -2.16. The molecule has 2 aliphatic heterocycles. The number of amides is 1. The summed E-state index contributed by atoms with van der Waals surface area (Å²) in [4.78, 5) is 11.1. The van der Waals surface area contributed by atoms with Crippen LogP contribution < -0.4 is 15.4 Å². The van der Waals surface area contributed by atoms with E-state index in [1.165, 1.54) is 0 Å². The Kier molecular flexibility index (Phi) is 2.40. The molecule has 3 N–H and O–H groups in total. The monoisotopic (exact) mass is 234 g/mol. The maximum atomic E-state index is 11.1. The van der Waals surface area contributed by atoms with Crippen molar-refractivity contribution in [1.29, 1.82) is 0 Å². The van der Waals surface area contributed by atoms with Crippen LogP contribution in [0.2, 0.25) is 0 Å². The minimum absolute atomic E-state index is 0.0901. The summed E-state index contributed by atoms with van der Waals surface area (Å²) in [5, 5.41) is 15.5. The van der Waals surface area contributed by atoms with Gasteiger partial charge in [-0.25, -0.2) is 0 Å². The van der Waals surface area contributed by atoms with E-state index in [9.17, 15) is 9.90 Å². The Morgan fingerprint density at radius 1 is 1.47 bits per heavy atom. The SMILES string of the molecule is O=C1CC(NC2COc3cc(O)ccc32)CN1. The first-order valence-electron chi connectivity index (χ1n) is 5.71. The summed E-state index contributed by atoms with van der Waals surface area (Å²) >= 11 is 0. The average Bonchev–Trinajstić information content (AvgIpc) is 2.86. The molecule has 0 aliphatic carbocycles. The Bertz CT molecular complexity index is 461. The van der Waals surface area contributed by atoms with Crippen molar-refractivity contribution in [2.75, 3.05) is 13.2 Å². The molecule has 5 heteroatoms. The molecule has 1 fully saturated rings. The van der Waals surface area contributed by atoms with Crippen molar-refractivity contribution in [2.45, 2.75) is 18.5 Å². The molecule has 2 unspecified atom stereocenters. The van der Waals surface area contributed by atoms with E-state index in [2.05, 4.69) is 10.6 Å². The van der Waals surface area contributed by atoms with Crippen LogP contribution in [0, 0.1) is 0 Å². The smallest absolute Gasteiger partial charge is 0.221 e. The summed E-state index contributed by atoms with van der Waals surface area (Å²) in [5.74, 6) is 1.02. The normalized spacial score (nSPS) is 26.5. The van der Waals surface area contributed by atoms with E-state index in [-0.39, 0.29) is 23.7 Å². The Labute approximate surface area is 98.8 Å². The molecule has 3 rings (SSSR count). The number of nitrogens with one attached hydrogen (secondary N) is 2. The second-order valence-corrected chi connectivity index (χ2v) is 4.46. The molecule has 1 aromatic carbocycles. The molecule has 1 aromatic rings. The Hall–Kier alpha value is -1.75. The molecule has 0 aromatic heterocycles. The highest BCUT2D eigenvalue weighted by Gasteiger charge is 2.29. The van der Waals surface area contributed by atoms with Crippen LogP contribution in [-0.2, 0) is 4.79 Å². The number of hydrogen-bond acceptors (Lipinski definition) is 4. The molecule has 17 heavy (non-hydrogen) atoms. The van der Waals surface area contributed by atoms with E-state index in [4.69, 9.17) is 4.74 Å². The van der Waals surface area contributed by atoms with Crippen molar-refractivity contribution < 1.29 is 14.6 Å². The maximum Gasteiger partial charge on any atom is 0.221 e. The number of benzene rings is 1. The van der Waals surface area contributed by atoms with Crippen LogP contribution in [0.5, 0.6) is 11.5 Å². The summed E-state index contributed by atoms with van der Waals surface area (Å²) in [6.45, 7) is 1.21. The predicted octanol–water partition coefficient (Wildman–Crippen LogP) is 0.304. The highest BCUT2D eigenvalue weighted by Crippen LogP contribution is 2.35. The lowest BCUT2D eigenvalue weighted by atomic mass is 10.1. The van der Waals surface area contributed by atoms with Crippen LogP contribution >= 0.6 is 0 Å². The minimum Gasteiger partial charge on any atom is -0.508 e. The van der Waals surface area contributed by atoms with Gasteiger partial charge in [0.25, 0.3) is 0 Å². The third-order valence-corrected chi connectivity index (χ3v) is 3.19. The number of fused-ring (bicyclic) bond motifs is 1. The van der Waals surface area contributed by atoms with Gasteiger partial charge in [-0.3, -0.25) is 4.79 Å². The molecule has 0 radical (unpaired) electrons. The number of phenols is 1. The quantitative estimate of drug-likeness (QED) is 0.688. The third-order valence-electron chi connectivity index (χ3n) is 3.19. The lowest BCUT2D eigenvalue weighted by molar-refractivity contribution is -0.119. The lowest BCUT2D eigenvalue weighted by Crippen LogP contribution is -2.35. The van der Waals surface area contributed by atoms with Gasteiger partial charge >= 0.3 is 0 Å². The second-order valence-electron chi connectivity index (χ2n) is 4.46. The van der Waals surface area contributed by atoms with E-state index in [0.29, 0.717) is 19.6 Å². The maximum absolute atomic E-state index is 11.1. The van der Waals surface area contributed by atoms with Gasteiger partial charge in [0.05, 0.1) is 6.04 Å². The molecule has 0 saturated carbocycles. The van der Waals surface area contributed by atoms with E-state index < -0.39 is 0 Å². The molecular formula is C12H14N2O3. The summed E-state index contributed by atoms with van der Waals surface area (Å²) in [5.41, 5.74) is 1.04. The molecule has 90 valence electrons. The number of hydrogen-bond donors (Lipinski definition) is 3. The van der Waals surface area contributed by atoms with E-state index in [1.54, 1.807) is 12.1 Å². The Morgan fingerprint density at radius 2 is 2.35 bits per heavy atom. The summed E-state index contributed by atoms with van der Waals surface area (Å²) < 4.78 is 5.50. The molecule has 2 atom stereocenters. The van der Waals surface area contributed by atoms with Crippen molar-refractivity contribution in [3.8, 4) is 11.5 Å². The van der Waals surface area contributed by atoms with Crippen molar-refractivity contribution in [3.63, 3.8) is 0 Å². The largest absolute Gasteiger partial charge is 0.508 e. The van der Waals surface area contributed by atoms with Crippen molar-refractivity contribution >= 4 is 5.91 Å². The van der Waals surface area contributed by atoms with Crippen LogP contribution in [0.3, 0.4) is 0 Å². The number of aromatic hydroxyl groups is 1. The standard InChI is InChI=1S/C12H14N2O3/c15-8-1-2-9-10(6-17-11(9)4-8)14-7-3-12(16)13-5-7/h1-2,4,7,10,14-15H,3,5-6H2,(H,13,16). The first-order valence-corrected chi connectivity index (χ1v) is 5.71. The fourth-order valence-corrected chi connectivity index (χ4v) is 2.34. The number of ether oxygens (including phenoxy) is 1. The predicted molar refractivity (Wildman–Crippen MR) is 60.9 cm³/mol. The third kappa shape index (κ3) is 1.93. The van der Waals surface area contributed by atoms with Gasteiger partial charge in [0.2, 0.25) is 5.91 Å². The zero-order valence-electron chi connectivity index (χ0n) is 9.27. The van der Waals surface area contributed by atoms with E-state index in [0.717, 1.165) is 11.3 Å². The van der Waals surface area contributed by atoms with Gasteiger partial charge in [-0.15, -0.1) is 0 Å². The fourth-order valence-electron chi connectivity index (χ4n) is 2.34. The first-order chi connectivity index (χ1) is 8.22. The molecule has 2 heterocycles. The second kappa shape index (κ2) is 3.92. The zero-order chi connectivity index (χ0) is 11.8. The van der Waals surface area contributed by atoms with Gasteiger partial charge in [-0.2, -0.15) is 0 Å². The molecule has 5 nitrogen and oxygen atoms in total. The van der Waals surface area contributed by atoms with Gasteiger partial charge in [-0.05, 0) is 12.1 Å². The van der Waals surface area contributed by atoms with Crippen LogP contribution in [0.1, 0.15) is 18.0 Å². The molecule has 1 amide bonds. The summed E-state index contributed by atoms with van der Waals surface area (Å²) in [6, 6.07) is 5.40. The topological polar surface area (TPSA) is 70.6 Å². The van der Waals surface area contributed by atoms with Crippen LogP contribution in [0.15, 0.2) is 18.2 Å². The van der Waals surface area contributed by atoms with Gasteiger partial charge < -0.3 is 20.5 Å². The molecule has 0 bridgehead atoms. The number of carbonyl (C=O) groups is 1. The van der Waals surface area contributed by atoms with Crippen LogP contribution in [0.25, 0.3) is 0 Å². The highest BCUT2D eigenvalue weighted by molar-refractivity contribution is 5.78. The highest BCUT2D eigenvalue weighted by atomic mass is 16.5. The van der Waals surface area contributed by atoms with E-state index >= 15 is 0 Å². The molecule has 2 aliphatic rings. The molecule has 0 spiro atoms. The van der Waals surface area contributed by atoms with Crippen LogP contribution in [-0.4, -0.2) is 30.2 Å². The van der Waals surface area contributed by atoms with Crippen LogP contribution in [0.4, 0.5) is 0 Å². The minimum atomic E-state index is 0.0901. The summed E-state index contributed by atoms with van der Waals surface area (Å²) in [7, 11) is 0. The van der Waals surface area contributed by atoms with Gasteiger partial charge in [0.15, 0.2) is 0 Å². The fraction of sp³-hybridized carbons (Fsp3) is 0.417. The number of rotatable bonds is 2. The average molecular weight is 234 g/mol. The van der Waals surface area contributed by atoms with Gasteiger partial charge in [-0.1, -0.05) is 0 Å². The van der Waals surface area contributed by atoms with Crippen molar-refractivity contribution in [1.82, 2.24) is 10.6 Å².